The number of benzene rings is 2. The number of carbonyl (C=O) groups is 1. The van der Waals surface area contributed by atoms with Crippen LogP contribution in [0.1, 0.15) is 5.56 Å². The molecule has 0 radical (unpaired) electrons. The highest BCUT2D eigenvalue weighted by molar-refractivity contribution is 6.03. The number of para-hydroxylation sites is 1. The molecule has 23 heavy (non-hydrogen) atoms. The van der Waals surface area contributed by atoms with Gasteiger partial charge in [0.1, 0.15) is 0 Å². The average molecular weight is 308 g/mol. The largest absolute Gasteiger partial charge is 0.378 e. The van der Waals surface area contributed by atoms with Crippen LogP contribution in [-0.2, 0) is 9.53 Å². The van der Waals surface area contributed by atoms with Crippen LogP contribution in [0.2, 0.25) is 0 Å². The maximum Gasteiger partial charge on any atom is 0.250 e. The summed E-state index contributed by atoms with van der Waals surface area (Å²) in [5.41, 5.74) is 2.77. The fraction of sp³-hybridized carbons (Fsp3) is 0.211. The van der Waals surface area contributed by atoms with E-state index in [4.69, 9.17) is 4.74 Å². The van der Waals surface area contributed by atoms with E-state index >= 15 is 0 Å². The summed E-state index contributed by atoms with van der Waals surface area (Å²) >= 11 is 0. The van der Waals surface area contributed by atoms with Crippen molar-refractivity contribution in [3.05, 3.63) is 72.3 Å². The fourth-order valence-electron chi connectivity index (χ4n) is 2.59. The van der Waals surface area contributed by atoms with E-state index in [0.29, 0.717) is 13.2 Å². The summed E-state index contributed by atoms with van der Waals surface area (Å²) in [6, 6.07) is 19.5. The Hall–Kier alpha value is -2.59. The third-order valence-electron chi connectivity index (χ3n) is 3.73. The summed E-state index contributed by atoms with van der Waals surface area (Å²) in [7, 11) is 0. The summed E-state index contributed by atoms with van der Waals surface area (Å²) in [6.45, 7) is 2.95. The molecule has 0 bridgehead atoms. The predicted molar refractivity (Wildman–Crippen MR) is 91.9 cm³/mol. The zero-order chi connectivity index (χ0) is 15.9. The van der Waals surface area contributed by atoms with Gasteiger partial charge in [-0.3, -0.25) is 4.79 Å². The highest BCUT2D eigenvalue weighted by Gasteiger charge is 2.16. The lowest BCUT2D eigenvalue weighted by Crippen LogP contribution is -2.35. The smallest absolute Gasteiger partial charge is 0.250 e. The maximum absolute atomic E-state index is 12.4. The molecule has 1 saturated heterocycles. The summed E-state index contributed by atoms with van der Waals surface area (Å²) in [6.07, 6.45) is 1.67. The summed E-state index contributed by atoms with van der Waals surface area (Å²) < 4.78 is 5.42. The summed E-state index contributed by atoms with van der Waals surface area (Å²) in [5.74, 6) is -0.124. The Morgan fingerprint density at radius 1 is 0.957 bits per heavy atom. The second-order valence-electron chi connectivity index (χ2n) is 5.35. The van der Waals surface area contributed by atoms with Crippen molar-refractivity contribution in [1.29, 1.82) is 0 Å². The van der Waals surface area contributed by atoms with Crippen molar-refractivity contribution in [2.45, 2.75) is 0 Å². The minimum atomic E-state index is -0.124. The van der Waals surface area contributed by atoms with E-state index in [2.05, 4.69) is 10.2 Å². The molecule has 0 saturated carbocycles. The van der Waals surface area contributed by atoms with Gasteiger partial charge in [0.15, 0.2) is 0 Å². The maximum atomic E-state index is 12.4. The van der Waals surface area contributed by atoms with Gasteiger partial charge >= 0.3 is 0 Å². The first-order valence-electron chi connectivity index (χ1n) is 7.79. The number of nitrogens with zero attached hydrogens (tertiary/aromatic N) is 1. The van der Waals surface area contributed by atoms with Crippen LogP contribution in [-0.4, -0.2) is 37.1 Å². The summed E-state index contributed by atoms with van der Waals surface area (Å²) in [5, 5.41) is 2.91. The highest BCUT2D eigenvalue weighted by Crippen LogP contribution is 2.20. The van der Waals surface area contributed by atoms with Gasteiger partial charge in [-0.15, -0.1) is 0 Å². The van der Waals surface area contributed by atoms with Crippen molar-refractivity contribution >= 4 is 17.3 Å². The summed E-state index contributed by atoms with van der Waals surface area (Å²) in [4.78, 5) is 14.6. The molecule has 0 unspecified atom stereocenters. The second-order valence-corrected chi connectivity index (χ2v) is 5.35. The van der Waals surface area contributed by atoms with E-state index in [0.717, 1.165) is 30.0 Å². The SMILES string of the molecule is O=C(C=C(c1ccccc1)N1CCOCC1)Nc1ccccc1. The Morgan fingerprint density at radius 2 is 1.57 bits per heavy atom. The number of carbonyl (C=O) groups excluding carboxylic acids is 1. The quantitative estimate of drug-likeness (QED) is 0.883. The Balaban J connectivity index is 1.83. The molecule has 4 nitrogen and oxygen atoms in total. The van der Waals surface area contributed by atoms with E-state index in [1.165, 1.54) is 0 Å². The standard InChI is InChI=1S/C19H20N2O2/c22-19(20-17-9-5-2-6-10-17)15-18(16-7-3-1-4-8-16)21-11-13-23-14-12-21/h1-10,15H,11-14H2,(H,20,22). The highest BCUT2D eigenvalue weighted by atomic mass is 16.5. The van der Waals surface area contributed by atoms with Crippen LogP contribution in [0.5, 0.6) is 0 Å². The van der Waals surface area contributed by atoms with Crippen molar-refractivity contribution in [1.82, 2.24) is 4.90 Å². The van der Waals surface area contributed by atoms with E-state index < -0.39 is 0 Å². The zero-order valence-corrected chi connectivity index (χ0v) is 12.9. The molecule has 3 rings (SSSR count). The van der Waals surface area contributed by atoms with E-state index in [9.17, 15) is 4.79 Å². The van der Waals surface area contributed by atoms with Gasteiger partial charge in [-0.25, -0.2) is 0 Å². The van der Waals surface area contributed by atoms with Crippen LogP contribution < -0.4 is 5.32 Å². The Morgan fingerprint density at radius 3 is 2.22 bits per heavy atom. The lowest BCUT2D eigenvalue weighted by Gasteiger charge is -2.31. The number of ether oxygens (including phenoxy) is 1. The molecule has 2 aromatic carbocycles. The van der Waals surface area contributed by atoms with Crippen LogP contribution in [0.3, 0.4) is 0 Å². The third-order valence-corrected chi connectivity index (χ3v) is 3.73. The van der Waals surface area contributed by atoms with Crippen molar-refractivity contribution in [3.63, 3.8) is 0 Å². The predicted octanol–water partition coefficient (Wildman–Crippen LogP) is 3.00. The van der Waals surface area contributed by atoms with Crippen LogP contribution in [0.25, 0.3) is 5.70 Å². The molecule has 1 aliphatic rings. The van der Waals surface area contributed by atoms with Crippen molar-refractivity contribution < 1.29 is 9.53 Å². The van der Waals surface area contributed by atoms with Gasteiger partial charge in [-0.2, -0.15) is 0 Å². The first-order valence-corrected chi connectivity index (χ1v) is 7.79. The first-order chi connectivity index (χ1) is 11.3. The molecule has 1 heterocycles. The zero-order valence-electron chi connectivity index (χ0n) is 12.9. The van der Waals surface area contributed by atoms with Gasteiger partial charge in [0.25, 0.3) is 0 Å². The number of morpholine rings is 1. The van der Waals surface area contributed by atoms with Crippen LogP contribution >= 0.6 is 0 Å². The number of amides is 1. The molecule has 4 heteroatoms. The number of nitrogens with one attached hydrogen (secondary N) is 1. The Kier molecular flexibility index (Phi) is 5.06. The normalized spacial score (nSPS) is 15.3. The van der Waals surface area contributed by atoms with Crippen molar-refractivity contribution in [3.8, 4) is 0 Å². The Labute approximate surface area is 136 Å². The molecule has 118 valence electrons. The molecular formula is C19H20N2O2. The van der Waals surface area contributed by atoms with Gasteiger partial charge in [-0.1, -0.05) is 48.5 Å². The minimum absolute atomic E-state index is 0.124. The average Bonchev–Trinajstić information content (AvgIpc) is 2.62. The first kappa shape index (κ1) is 15.3. The fourth-order valence-corrected chi connectivity index (χ4v) is 2.59. The van der Waals surface area contributed by atoms with Crippen molar-refractivity contribution in [2.75, 3.05) is 31.6 Å². The van der Waals surface area contributed by atoms with E-state index in [1.54, 1.807) is 6.08 Å². The lowest BCUT2D eigenvalue weighted by molar-refractivity contribution is -0.111. The van der Waals surface area contributed by atoms with E-state index in [-0.39, 0.29) is 5.91 Å². The monoisotopic (exact) mass is 308 g/mol. The van der Waals surface area contributed by atoms with Crippen LogP contribution in [0.15, 0.2) is 66.7 Å². The van der Waals surface area contributed by atoms with Gasteiger partial charge in [0.05, 0.1) is 13.2 Å². The molecule has 1 fully saturated rings. The molecule has 0 atom stereocenters. The molecule has 0 aliphatic carbocycles. The number of hydrogen-bond acceptors (Lipinski definition) is 3. The number of hydrogen-bond donors (Lipinski definition) is 1. The van der Waals surface area contributed by atoms with Gasteiger partial charge < -0.3 is 15.0 Å². The number of rotatable bonds is 4. The van der Waals surface area contributed by atoms with Crippen LogP contribution in [0.4, 0.5) is 5.69 Å². The Bertz CT molecular complexity index is 662. The second kappa shape index (κ2) is 7.61. The van der Waals surface area contributed by atoms with E-state index in [1.807, 2.05) is 60.7 Å². The van der Waals surface area contributed by atoms with Crippen molar-refractivity contribution in [2.24, 2.45) is 0 Å². The molecule has 1 amide bonds. The van der Waals surface area contributed by atoms with Gasteiger partial charge in [0.2, 0.25) is 5.91 Å². The third kappa shape index (κ3) is 4.20. The number of anilines is 1. The van der Waals surface area contributed by atoms with Crippen LogP contribution in [0, 0.1) is 0 Å². The molecular weight excluding hydrogens is 288 g/mol. The minimum Gasteiger partial charge on any atom is -0.378 e. The van der Waals surface area contributed by atoms with Gasteiger partial charge in [0, 0.05) is 30.5 Å². The topological polar surface area (TPSA) is 41.6 Å². The molecule has 2 aromatic rings. The molecule has 0 aromatic heterocycles. The molecule has 1 aliphatic heterocycles. The molecule has 1 N–H and O–H groups in total. The lowest BCUT2D eigenvalue weighted by atomic mass is 10.1. The van der Waals surface area contributed by atoms with Gasteiger partial charge in [-0.05, 0) is 17.7 Å². The molecule has 0 spiro atoms.